The number of para-hydroxylation sites is 1. The zero-order chi connectivity index (χ0) is 12.2. The number of sulfone groups is 1. The summed E-state index contributed by atoms with van der Waals surface area (Å²) in [7, 11) is -2.98. The SMILES string of the molecule is CS(=O)(=O)CCOc1c(Br)cccc1CBr. The smallest absolute Gasteiger partial charge is 0.150 e. The standard InChI is InChI=1S/C10H12Br2O3S/c1-16(13,14)6-5-15-10-8(7-11)3-2-4-9(10)12/h2-4H,5-7H2,1H3. The van der Waals surface area contributed by atoms with Gasteiger partial charge < -0.3 is 4.74 Å². The van der Waals surface area contributed by atoms with Gasteiger partial charge >= 0.3 is 0 Å². The molecule has 1 rings (SSSR count). The molecule has 1 aromatic rings. The lowest BCUT2D eigenvalue weighted by Gasteiger charge is -2.11. The van der Waals surface area contributed by atoms with E-state index in [1.165, 1.54) is 6.26 Å². The molecule has 0 heterocycles. The molecule has 0 spiro atoms. The molecular weight excluding hydrogens is 360 g/mol. The molecule has 0 aromatic heterocycles. The van der Waals surface area contributed by atoms with E-state index >= 15 is 0 Å². The molecule has 0 fully saturated rings. The van der Waals surface area contributed by atoms with Crippen LogP contribution in [-0.2, 0) is 15.2 Å². The van der Waals surface area contributed by atoms with Crippen molar-refractivity contribution in [2.24, 2.45) is 0 Å². The van der Waals surface area contributed by atoms with Gasteiger partial charge in [-0.1, -0.05) is 28.1 Å². The number of alkyl halides is 1. The van der Waals surface area contributed by atoms with E-state index in [9.17, 15) is 8.42 Å². The first-order valence-corrected chi connectivity index (χ1v) is 8.55. The Kier molecular flexibility index (Phi) is 5.27. The zero-order valence-corrected chi connectivity index (χ0v) is 12.7. The summed E-state index contributed by atoms with van der Waals surface area (Å²) in [5, 5.41) is 0.667. The third-order valence-corrected chi connectivity index (χ3v) is 4.03. The number of halogens is 2. The Morgan fingerprint density at radius 2 is 2.06 bits per heavy atom. The van der Waals surface area contributed by atoms with E-state index in [0.29, 0.717) is 11.1 Å². The van der Waals surface area contributed by atoms with E-state index in [1.54, 1.807) is 0 Å². The molecule has 0 N–H and O–H groups in total. The van der Waals surface area contributed by atoms with Crippen LogP contribution in [0.4, 0.5) is 0 Å². The molecule has 0 aliphatic carbocycles. The summed E-state index contributed by atoms with van der Waals surface area (Å²) < 4.78 is 28.2. The summed E-state index contributed by atoms with van der Waals surface area (Å²) in [4.78, 5) is 0. The van der Waals surface area contributed by atoms with Crippen molar-refractivity contribution in [3.8, 4) is 5.75 Å². The summed E-state index contributed by atoms with van der Waals surface area (Å²) in [5.74, 6) is 0.721. The van der Waals surface area contributed by atoms with Gasteiger partial charge in [-0.3, -0.25) is 0 Å². The minimum absolute atomic E-state index is 0.0239. The molecule has 0 aliphatic heterocycles. The highest BCUT2D eigenvalue weighted by molar-refractivity contribution is 9.10. The molecule has 3 nitrogen and oxygen atoms in total. The maximum atomic E-state index is 11.0. The summed E-state index contributed by atoms with van der Waals surface area (Å²) in [6.45, 7) is 0.168. The van der Waals surface area contributed by atoms with Crippen LogP contribution >= 0.6 is 31.9 Å². The second-order valence-electron chi connectivity index (χ2n) is 3.34. The number of benzene rings is 1. The molecule has 0 radical (unpaired) electrons. The molecule has 0 aliphatic rings. The lowest BCUT2D eigenvalue weighted by Crippen LogP contribution is -2.12. The highest BCUT2D eigenvalue weighted by Crippen LogP contribution is 2.30. The van der Waals surface area contributed by atoms with Crippen LogP contribution in [-0.4, -0.2) is 27.0 Å². The Bertz CT molecular complexity index is 457. The highest BCUT2D eigenvalue weighted by atomic mass is 79.9. The number of rotatable bonds is 5. The van der Waals surface area contributed by atoms with Crippen molar-refractivity contribution in [1.29, 1.82) is 0 Å². The first kappa shape index (κ1) is 14.0. The van der Waals surface area contributed by atoms with Crippen molar-refractivity contribution in [3.63, 3.8) is 0 Å². The molecule has 0 bridgehead atoms. The third kappa shape index (κ3) is 4.43. The van der Waals surface area contributed by atoms with Crippen molar-refractivity contribution in [2.45, 2.75) is 5.33 Å². The fourth-order valence-corrected chi connectivity index (χ4v) is 2.46. The Hall–Kier alpha value is -0.0700. The lowest BCUT2D eigenvalue weighted by atomic mass is 10.2. The molecular formula is C10H12Br2O3S. The Labute approximate surface area is 112 Å². The predicted molar refractivity (Wildman–Crippen MR) is 72.0 cm³/mol. The molecule has 0 atom stereocenters. The van der Waals surface area contributed by atoms with Crippen LogP contribution in [0.1, 0.15) is 5.56 Å². The van der Waals surface area contributed by atoms with Gasteiger partial charge in [-0.05, 0) is 22.0 Å². The Morgan fingerprint density at radius 1 is 1.38 bits per heavy atom. The van der Waals surface area contributed by atoms with Crippen LogP contribution in [0.2, 0.25) is 0 Å². The van der Waals surface area contributed by atoms with Crippen molar-refractivity contribution in [3.05, 3.63) is 28.2 Å². The molecule has 0 saturated heterocycles. The predicted octanol–water partition coefficient (Wildman–Crippen LogP) is 2.77. The van der Waals surface area contributed by atoms with Crippen LogP contribution in [0.15, 0.2) is 22.7 Å². The van der Waals surface area contributed by atoms with Gasteiger partial charge in [0.05, 0.1) is 10.2 Å². The maximum Gasteiger partial charge on any atom is 0.150 e. The van der Waals surface area contributed by atoms with E-state index in [1.807, 2.05) is 18.2 Å². The summed E-state index contributed by atoms with van der Waals surface area (Å²) in [6, 6.07) is 5.70. The first-order chi connectivity index (χ1) is 7.44. The van der Waals surface area contributed by atoms with Gasteiger partial charge in [0.2, 0.25) is 0 Å². The quantitative estimate of drug-likeness (QED) is 0.747. The third-order valence-electron chi connectivity index (χ3n) is 1.89. The maximum absolute atomic E-state index is 11.0. The van der Waals surface area contributed by atoms with Crippen molar-refractivity contribution >= 4 is 41.7 Å². The minimum Gasteiger partial charge on any atom is -0.491 e. The summed E-state index contributed by atoms with van der Waals surface area (Å²) in [5.41, 5.74) is 0.989. The van der Waals surface area contributed by atoms with Crippen molar-refractivity contribution < 1.29 is 13.2 Å². The van der Waals surface area contributed by atoms with Gasteiger partial charge in [0.15, 0.2) is 9.84 Å². The summed E-state index contributed by atoms with van der Waals surface area (Å²) in [6.07, 6.45) is 1.20. The van der Waals surface area contributed by atoms with Crippen LogP contribution in [0, 0.1) is 0 Å². The van der Waals surface area contributed by atoms with E-state index < -0.39 is 9.84 Å². The monoisotopic (exact) mass is 370 g/mol. The fraction of sp³-hybridized carbons (Fsp3) is 0.400. The van der Waals surface area contributed by atoms with Crippen LogP contribution in [0.25, 0.3) is 0 Å². The van der Waals surface area contributed by atoms with E-state index in [-0.39, 0.29) is 12.4 Å². The molecule has 6 heteroatoms. The van der Waals surface area contributed by atoms with E-state index in [4.69, 9.17) is 4.74 Å². The normalized spacial score (nSPS) is 11.4. The number of hydrogen-bond acceptors (Lipinski definition) is 3. The molecule has 1 aromatic carbocycles. The van der Waals surface area contributed by atoms with Gasteiger partial charge in [-0.25, -0.2) is 8.42 Å². The minimum atomic E-state index is -2.98. The topological polar surface area (TPSA) is 43.4 Å². The van der Waals surface area contributed by atoms with Gasteiger partial charge in [-0.2, -0.15) is 0 Å². The van der Waals surface area contributed by atoms with Gasteiger partial charge in [0.1, 0.15) is 12.4 Å². The van der Waals surface area contributed by atoms with E-state index in [0.717, 1.165) is 10.0 Å². The van der Waals surface area contributed by atoms with Crippen LogP contribution < -0.4 is 4.74 Å². The molecule has 0 unspecified atom stereocenters. The molecule has 90 valence electrons. The highest BCUT2D eigenvalue weighted by Gasteiger charge is 2.08. The average molecular weight is 372 g/mol. The van der Waals surface area contributed by atoms with E-state index in [2.05, 4.69) is 31.9 Å². The largest absolute Gasteiger partial charge is 0.491 e. The van der Waals surface area contributed by atoms with Gasteiger partial charge in [0.25, 0.3) is 0 Å². The molecule has 0 amide bonds. The van der Waals surface area contributed by atoms with Crippen molar-refractivity contribution in [1.82, 2.24) is 0 Å². The molecule has 0 saturated carbocycles. The van der Waals surface area contributed by atoms with Gasteiger partial charge in [-0.15, -0.1) is 0 Å². The fourth-order valence-electron chi connectivity index (χ4n) is 1.12. The lowest BCUT2D eigenvalue weighted by molar-refractivity contribution is 0.336. The Morgan fingerprint density at radius 3 is 2.62 bits per heavy atom. The van der Waals surface area contributed by atoms with Crippen LogP contribution in [0.3, 0.4) is 0 Å². The summed E-state index contributed by atoms with van der Waals surface area (Å²) >= 11 is 6.73. The number of ether oxygens (including phenoxy) is 1. The van der Waals surface area contributed by atoms with Crippen molar-refractivity contribution in [2.75, 3.05) is 18.6 Å². The average Bonchev–Trinajstić information content (AvgIpc) is 2.18. The number of hydrogen-bond donors (Lipinski definition) is 0. The zero-order valence-electron chi connectivity index (χ0n) is 8.74. The second-order valence-corrected chi connectivity index (χ2v) is 7.01. The van der Waals surface area contributed by atoms with Gasteiger partial charge in [0, 0.05) is 17.1 Å². The molecule has 16 heavy (non-hydrogen) atoms. The van der Waals surface area contributed by atoms with Crippen LogP contribution in [0.5, 0.6) is 5.75 Å². The Balaban J connectivity index is 2.73. The second kappa shape index (κ2) is 6.02. The first-order valence-electron chi connectivity index (χ1n) is 4.58.